The van der Waals surface area contributed by atoms with E-state index in [1.807, 2.05) is 0 Å². The van der Waals surface area contributed by atoms with Gasteiger partial charge < -0.3 is 15.3 Å². The second kappa shape index (κ2) is 3.70. The van der Waals surface area contributed by atoms with E-state index in [1.165, 1.54) is 12.1 Å². The van der Waals surface area contributed by atoms with Crippen LogP contribution in [0.25, 0.3) is 0 Å². The zero-order valence-electron chi connectivity index (χ0n) is 8.81. The summed E-state index contributed by atoms with van der Waals surface area (Å²) in [6.45, 7) is 0. The highest BCUT2D eigenvalue weighted by Crippen LogP contribution is 2.49. The van der Waals surface area contributed by atoms with Crippen molar-refractivity contribution in [3.05, 3.63) is 23.8 Å². The highest BCUT2D eigenvalue weighted by atomic mass is 16.4. The number of benzene rings is 1. The molecule has 0 radical (unpaired) electrons. The molecule has 0 saturated heterocycles. The number of hydrogen-bond acceptors (Lipinski definition) is 3. The lowest BCUT2D eigenvalue weighted by atomic mass is 9.62. The maximum absolute atomic E-state index is 10.8. The van der Waals surface area contributed by atoms with E-state index in [4.69, 9.17) is 5.11 Å². The first-order valence-electron chi connectivity index (χ1n) is 5.28. The fraction of sp³-hybridized carbons (Fsp3) is 0.417. The SMILES string of the molecule is O=C(O)CC1(c2ccc(O)cc2O)CCC1. The van der Waals surface area contributed by atoms with Gasteiger partial charge in [0.15, 0.2) is 0 Å². The summed E-state index contributed by atoms with van der Waals surface area (Å²) in [5.41, 5.74) is 0.197. The third kappa shape index (κ3) is 1.71. The average molecular weight is 222 g/mol. The molecule has 1 aliphatic carbocycles. The summed E-state index contributed by atoms with van der Waals surface area (Å²) in [4.78, 5) is 10.8. The van der Waals surface area contributed by atoms with Crippen LogP contribution in [0.2, 0.25) is 0 Å². The molecule has 1 aromatic carbocycles. The molecule has 0 spiro atoms. The van der Waals surface area contributed by atoms with E-state index in [-0.39, 0.29) is 17.9 Å². The minimum atomic E-state index is -0.854. The van der Waals surface area contributed by atoms with Crippen molar-refractivity contribution in [2.45, 2.75) is 31.1 Å². The van der Waals surface area contributed by atoms with E-state index in [9.17, 15) is 15.0 Å². The van der Waals surface area contributed by atoms with Gasteiger partial charge in [0, 0.05) is 17.0 Å². The fourth-order valence-electron chi connectivity index (χ4n) is 2.40. The van der Waals surface area contributed by atoms with Gasteiger partial charge in [-0.15, -0.1) is 0 Å². The minimum Gasteiger partial charge on any atom is -0.508 e. The van der Waals surface area contributed by atoms with E-state index in [1.54, 1.807) is 6.07 Å². The van der Waals surface area contributed by atoms with Crippen molar-refractivity contribution in [2.24, 2.45) is 0 Å². The Balaban J connectivity index is 2.36. The second-order valence-corrected chi connectivity index (χ2v) is 4.41. The van der Waals surface area contributed by atoms with Crippen molar-refractivity contribution in [1.82, 2.24) is 0 Å². The van der Waals surface area contributed by atoms with E-state index in [0.717, 1.165) is 19.3 Å². The van der Waals surface area contributed by atoms with Crippen molar-refractivity contribution in [3.8, 4) is 11.5 Å². The van der Waals surface area contributed by atoms with Crippen LogP contribution in [0.4, 0.5) is 0 Å². The molecule has 0 aliphatic heterocycles. The molecule has 0 bridgehead atoms. The van der Waals surface area contributed by atoms with Gasteiger partial charge in [0.25, 0.3) is 0 Å². The zero-order valence-corrected chi connectivity index (χ0v) is 8.81. The molecule has 1 saturated carbocycles. The number of rotatable bonds is 3. The number of phenolic OH excluding ortho intramolecular Hbond substituents is 2. The molecule has 2 rings (SSSR count). The summed E-state index contributed by atoms with van der Waals surface area (Å²) in [7, 11) is 0. The van der Waals surface area contributed by atoms with Crippen molar-refractivity contribution < 1.29 is 20.1 Å². The van der Waals surface area contributed by atoms with Crippen LogP contribution in [0.1, 0.15) is 31.2 Å². The summed E-state index contributed by atoms with van der Waals surface area (Å²) in [6.07, 6.45) is 2.56. The Morgan fingerprint density at radius 1 is 1.31 bits per heavy atom. The van der Waals surface area contributed by atoms with Crippen LogP contribution in [0, 0.1) is 0 Å². The van der Waals surface area contributed by atoms with E-state index >= 15 is 0 Å². The Morgan fingerprint density at radius 3 is 2.44 bits per heavy atom. The minimum absolute atomic E-state index is 0.00829. The Bertz CT molecular complexity index is 421. The van der Waals surface area contributed by atoms with Gasteiger partial charge in [-0.1, -0.05) is 12.5 Å². The molecule has 16 heavy (non-hydrogen) atoms. The number of carboxylic acid groups (broad SMARTS) is 1. The van der Waals surface area contributed by atoms with Crippen LogP contribution < -0.4 is 0 Å². The van der Waals surface area contributed by atoms with Crippen LogP contribution in [0.3, 0.4) is 0 Å². The zero-order chi connectivity index (χ0) is 11.8. The number of aromatic hydroxyl groups is 2. The summed E-state index contributed by atoms with van der Waals surface area (Å²) >= 11 is 0. The lowest BCUT2D eigenvalue weighted by molar-refractivity contribution is -0.139. The van der Waals surface area contributed by atoms with Crippen LogP contribution in [0.15, 0.2) is 18.2 Å². The van der Waals surface area contributed by atoms with Crippen LogP contribution in [0.5, 0.6) is 11.5 Å². The van der Waals surface area contributed by atoms with Crippen molar-refractivity contribution in [2.75, 3.05) is 0 Å². The number of carbonyl (C=O) groups is 1. The molecule has 3 N–H and O–H groups in total. The summed E-state index contributed by atoms with van der Waals surface area (Å²) < 4.78 is 0. The fourth-order valence-corrected chi connectivity index (χ4v) is 2.40. The van der Waals surface area contributed by atoms with Crippen LogP contribution in [-0.4, -0.2) is 21.3 Å². The Labute approximate surface area is 93.2 Å². The first-order valence-corrected chi connectivity index (χ1v) is 5.28. The van der Waals surface area contributed by atoms with Gasteiger partial charge in [-0.25, -0.2) is 0 Å². The molecule has 0 heterocycles. The summed E-state index contributed by atoms with van der Waals surface area (Å²) in [5, 5.41) is 27.8. The molecule has 4 heteroatoms. The second-order valence-electron chi connectivity index (χ2n) is 4.41. The Hall–Kier alpha value is -1.71. The largest absolute Gasteiger partial charge is 0.508 e. The summed E-state index contributed by atoms with van der Waals surface area (Å²) in [6, 6.07) is 4.36. The third-order valence-electron chi connectivity index (χ3n) is 3.35. The first-order chi connectivity index (χ1) is 7.53. The molecule has 1 fully saturated rings. The Kier molecular flexibility index (Phi) is 2.50. The van der Waals surface area contributed by atoms with E-state index < -0.39 is 11.4 Å². The number of aliphatic carboxylic acids is 1. The molecular weight excluding hydrogens is 208 g/mol. The lowest BCUT2D eigenvalue weighted by Crippen LogP contribution is -2.36. The monoisotopic (exact) mass is 222 g/mol. The smallest absolute Gasteiger partial charge is 0.304 e. The molecular formula is C12H14O4. The maximum atomic E-state index is 10.8. The molecule has 0 atom stereocenters. The van der Waals surface area contributed by atoms with Crippen LogP contribution >= 0.6 is 0 Å². The number of hydrogen-bond donors (Lipinski definition) is 3. The summed E-state index contributed by atoms with van der Waals surface area (Å²) in [5.74, 6) is -0.876. The predicted octanol–water partition coefficient (Wildman–Crippen LogP) is 1.99. The molecule has 1 aromatic rings. The standard InChI is InChI=1S/C12H14O4/c13-8-2-3-9(10(14)6-8)12(4-1-5-12)7-11(15)16/h2-3,6,13-14H,1,4-5,7H2,(H,15,16). The highest BCUT2D eigenvalue weighted by Gasteiger charge is 2.42. The van der Waals surface area contributed by atoms with Crippen molar-refractivity contribution >= 4 is 5.97 Å². The van der Waals surface area contributed by atoms with E-state index in [0.29, 0.717) is 5.56 Å². The topological polar surface area (TPSA) is 77.8 Å². The molecule has 4 nitrogen and oxygen atoms in total. The van der Waals surface area contributed by atoms with Crippen LogP contribution in [-0.2, 0) is 10.2 Å². The van der Waals surface area contributed by atoms with Gasteiger partial charge in [-0.05, 0) is 18.9 Å². The van der Waals surface area contributed by atoms with Crippen molar-refractivity contribution in [3.63, 3.8) is 0 Å². The highest BCUT2D eigenvalue weighted by molar-refractivity contribution is 5.70. The maximum Gasteiger partial charge on any atom is 0.304 e. The molecule has 0 amide bonds. The predicted molar refractivity (Wildman–Crippen MR) is 57.6 cm³/mol. The van der Waals surface area contributed by atoms with Gasteiger partial charge in [-0.2, -0.15) is 0 Å². The van der Waals surface area contributed by atoms with Gasteiger partial charge >= 0.3 is 5.97 Å². The van der Waals surface area contributed by atoms with Gasteiger partial charge in [-0.3, -0.25) is 4.79 Å². The van der Waals surface area contributed by atoms with Gasteiger partial charge in [0.1, 0.15) is 11.5 Å². The molecule has 0 unspecified atom stereocenters. The molecule has 1 aliphatic rings. The first kappa shape index (κ1) is 10.8. The molecule has 0 aromatic heterocycles. The van der Waals surface area contributed by atoms with Gasteiger partial charge in [0.2, 0.25) is 0 Å². The lowest BCUT2D eigenvalue weighted by Gasteiger charge is -2.41. The van der Waals surface area contributed by atoms with E-state index in [2.05, 4.69) is 0 Å². The Morgan fingerprint density at radius 2 is 2.00 bits per heavy atom. The average Bonchev–Trinajstić information content (AvgIpc) is 2.12. The quantitative estimate of drug-likeness (QED) is 0.730. The van der Waals surface area contributed by atoms with Gasteiger partial charge in [0.05, 0.1) is 6.42 Å². The normalized spacial score (nSPS) is 17.8. The molecule has 86 valence electrons. The number of phenols is 2. The van der Waals surface area contributed by atoms with Crippen molar-refractivity contribution in [1.29, 1.82) is 0 Å². The third-order valence-corrected chi connectivity index (χ3v) is 3.35. The number of carboxylic acids is 1.